The molecule has 1 atom stereocenters. The van der Waals surface area contributed by atoms with Crippen molar-refractivity contribution in [1.82, 2.24) is 30.3 Å². The van der Waals surface area contributed by atoms with Crippen molar-refractivity contribution >= 4 is 17.4 Å². The first kappa shape index (κ1) is 17.4. The summed E-state index contributed by atoms with van der Waals surface area (Å²) in [4.78, 5) is 19.5. The summed E-state index contributed by atoms with van der Waals surface area (Å²) in [6.07, 6.45) is 3.79. The fourth-order valence-corrected chi connectivity index (χ4v) is 3.24. The van der Waals surface area contributed by atoms with Crippen LogP contribution in [0, 0.1) is 13.8 Å². The summed E-state index contributed by atoms with van der Waals surface area (Å²) >= 11 is 1.61. The summed E-state index contributed by atoms with van der Waals surface area (Å²) in [7, 11) is 5.86. The van der Waals surface area contributed by atoms with Crippen molar-refractivity contribution < 1.29 is 4.79 Å². The molecule has 0 saturated heterocycles. The third-order valence-corrected chi connectivity index (χ3v) is 4.67. The highest BCUT2D eigenvalue weighted by molar-refractivity contribution is 7.11. The second kappa shape index (κ2) is 7.56. The highest BCUT2D eigenvalue weighted by Crippen LogP contribution is 2.17. The lowest BCUT2D eigenvalue weighted by molar-refractivity contribution is 0.232. The molecule has 7 nitrogen and oxygen atoms in total. The largest absolute Gasteiger partial charge is 0.336 e. The maximum absolute atomic E-state index is 12.0. The molecular formula is C15H24N6OS. The monoisotopic (exact) mass is 336 g/mol. The predicted octanol–water partition coefficient (Wildman–Crippen LogP) is 1.60. The molecule has 0 bridgehead atoms. The van der Waals surface area contributed by atoms with E-state index in [1.807, 2.05) is 47.4 Å². The van der Waals surface area contributed by atoms with Crippen molar-refractivity contribution in [1.29, 1.82) is 0 Å². The van der Waals surface area contributed by atoms with Gasteiger partial charge in [-0.1, -0.05) is 0 Å². The topological polar surface area (TPSA) is 75.1 Å². The Bertz CT molecular complexity index is 663. The average Bonchev–Trinajstić information content (AvgIpc) is 3.02. The lowest BCUT2D eigenvalue weighted by Gasteiger charge is -2.23. The summed E-state index contributed by atoms with van der Waals surface area (Å²) in [5.41, 5.74) is 2.06. The lowest BCUT2D eigenvalue weighted by atomic mass is 10.1. The molecular weight excluding hydrogens is 312 g/mol. The van der Waals surface area contributed by atoms with E-state index in [-0.39, 0.29) is 12.1 Å². The molecule has 0 aromatic carbocycles. The minimum absolute atomic E-state index is 0.0850. The van der Waals surface area contributed by atoms with Gasteiger partial charge in [0.2, 0.25) is 0 Å². The molecule has 2 heterocycles. The van der Waals surface area contributed by atoms with Gasteiger partial charge in [-0.25, -0.2) is 9.78 Å². The number of hydrogen-bond donors (Lipinski definition) is 2. The summed E-state index contributed by atoms with van der Waals surface area (Å²) in [6, 6.07) is -0.0898. The van der Waals surface area contributed by atoms with Crippen LogP contribution in [0.25, 0.3) is 0 Å². The summed E-state index contributed by atoms with van der Waals surface area (Å²) < 4.78 is 1.76. The van der Waals surface area contributed by atoms with Crippen LogP contribution in [-0.2, 0) is 13.6 Å². The van der Waals surface area contributed by atoms with E-state index in [9.17, 15) is 4.79 Å². The summed E-state index contributed by atoms with van der Waals surface area (Å²) in [6.45, 7) is 4.95. The Labute approximate surface area is 140 Å². The van der Waals surface area contributed by atoms with Crippen molar-refractivity contribution in [3.8, 4) is 0 Å². The summed E-state index contributed by atoms with van der Waals surface area (Å²) in [5, 5.41) is 11.0. The first-order valence-corrected chi connectivity index (χ1v) is 8.28. The molecule has 0 radical (unpaired) electrons. The number of nitrogens with one attached hydrogen (secondary N) is 2. The van der Waals surface area contributed by atoms with Crippen LogP contribution in [0.5, 0.6) is 0 Å². The molecule has 0 spiro atoms. The average molecular weight is 336 g/mol. The van der Waals surface area contributed by atoms with Crippen molar-refractivity contribution in [3.05, 3.63) is 33.5 Å². The number of urea groups is 1. The first-order valence-electron chi connectivity index (χ1n) is 7.46. The summed E-state index contributed by atoms with van der Waals surface area (Å²) in [5.74, 6) is 0. The van der Waals surface area contributed by atoms with Crippen LogP contribution in [0.2, 0.25) is 0 Å². The molecule has 0 aliphatic rings. The van der Waals surface area contributed by atoms with Crippen LogP contribution < -0.4 is 10.6 Å². The number of hydrogen-bond acceptors (Lipinski definition) is 5. The third-order valence-electron chi connectivity index (χ3n) is 3.60. The molecule has 2 aromatic heterocycles. The molecule has 2 N–H and O–H groups in total. The molecule has 1 unspecified atom stereocenters. The minimum Gasteiger partial charge on any atom is -0.336 e. The zero-order chi connectivity index (χ0) is 17.0. The maximum Gasteiger partial charge on any atom is 0.315 e. The molecule has 2 amide bonds. The van der Waals surface area contributed by atoms with Gasteiger partial charge >= 0.3 is 6.03 Å². The van der Waals surface area contributed by atoms with Gasteiger partial charge in [0.05, 0.1) is 29.5 Å². The zero-order valence-corrected chi connectivity index (χ0v) is 15.1. The number of thiazole rings is 1. The number of aromatic nitrogens is 3. The maximum atomic E-state index is 12.0. The number of rotatable bonds is 6. The molecule has 23 heavy (non-hydrogen) atoms. The van der Waals surface area contributed by atoms with Gasteiger partial charge in [-0.2, -0.15) is 5.10 Å². The number of amides is 2. The number of carbonyl (C=O) groups excluding carboxylic acids is 1. The van der Waals surface area contributed by atoms with E-state index in [0.29, 0.717) is 13.1 Å². The van der Waals surface area contributed by atoms with Gasteiger partial charge in [-0.15, -0.1) is 11.3 Å². The van der Waals surface area contributed by atoms with E-state index in [2.05, 4.69) is 25.6 Å². The Morgan fingerprint density at radius 2 is 2.13 bits per heavy atom. The van der Waals surface area contributed by atoms with Gasteiger partial charge < -0.3 is 15.5 Å². The Kier molecular flexibility index (Phi) is 5.73. The van der Waals surface area contributed by atoms with Gasteiger partial charge in [-0.05, 0) is 27.9 Å². The van der Waals surface area contributed by atoms with E-state index in [4.69, 9.17) is 0 Å². The Morgan fingerprint density at radius 1 is 1.39 bits per heavy atom. The van der Waals surface area contributed by atoms with E-state index >= 15 is 0 Å². The predicted molar refractivity (Wildman–Crippen MR) is 91.5 cm³/mol. The van der Waals surface area contributed by atoms with Gasteiger partial charge in [-0.3, -0.25) is 4.68 Å². The fourth-order valence-electron chi connectivity index (χ4n) is 2.36. The quantitative estimate of drug-likeness (QED) is 0.840. The Morgan fingerprint density at radius 3 is 2.65 bits per heavy atom. The number of aryl methyl sites for hydroxylation is 3. The number of nitrogens with zero attached hydrogens (tertiary/aromatic N) is 4. The van der Waals surface area contributed by atoms with E-state index < -0.39 is 0 Å². The van der Waals surface area contributed by atoms with Crippen LogP contribution in [-0.4, -0.2) is 46.3 Å². The molecule has 0 aliphatic heterocycles. The first-order chi connectivity index (χ1) is 10.9. The lowest BCUT2D eigenvalue weighted by Crippen LogP contribution is -2.40. The van der Waals surface area contributed by atoms with Crippen molar-refractivity contribution in [2.24, 2.45) is 7.05 Å². The fraction of sp³-hybridized carbons (Fsp3) is 0.533. The smallest absolute Gasteiger partial charge is 0.315 e. The highest BCUT2D eigenvalue weighted by Gasteiger charge is 2.17. The zero-order valence-electron chi connectivity index (χ0n) is 14.3. The normalized spacial score (nSPS) is 12.4. The van der Waals surface area contributed by atoms with Crippen LogP contribution >= 0.6 is 11.3 Å². The second-order valence-electron chi connectivity index (χ2n) is 5.73. The molecule has 2 rings (SSSR count). The SMILES string of the molecule is Cc1nc(C)c(CNC(=O)NCC(c2cnn(C)c2)N(C)C)s1. The van der Waals surface area contributed by atoms with E-state index in [0.717, 1.165) is 21.1 Å². The van der Waals surface area contributed by atoms with Gasteiger partial charge in [0, 0.05) is 30.2 Å². The standard InChI is InChI=1S/C15H24N6OS/c1-10-14(23-11(2)19-10)8-17-15(22)16-7-13(20(3)4)12-6-18-21(5)9-12/h6,9,13H,7-8H2,1-5H3,(H2,16,17,22). The molecule has 0 aliphatic carbocycles. The Balaban J connectivity index is 1.85. The van der Waals surface area contributed by atoms with Crippen molar-refractivity contribution in [2.45, 2.75) is 26.4 Å². The molecule has 8 heteroatoms. The van der Waals surface area contributed by atoms with Crippen LogP contribution in [0.15, 0.2) is 12.4 Å². The van der Waals surface area contributed by atoms with Crippen LogP contribution in [0.1, 0.15) is 27.2 Å². The third kappa shape index (κ3) is 4.77. The minimum atomic E-state index is -0.175. The van der Waals surface area contributed by atoms with Gasteiger partial charge in [0.25, 0.3) is 0 Å². The second-order valence-corrected chi connectivity index (χ2v) is 7.02. The Hall–Kier alpha value is -1.93. The van der Waals surface area contributed by atoms with Crippen LogP contribution in [0.4, 0.5) is 4.79 Å². The van der Waals surface area contributed by atoms with Gasteiger partial charge in [0.15, 0.2) is 0 Å². The molecule has 2 aromatic rings. The number of carbonyl (C=O) groups is 1. The van der Waals surface area contributed by atoms with E-state index in [1.54, 1.807) is 16.0 Å². The molecule has 0 fully saturated rings. The van der Waals surface area contributed by atoms with Gasteiger partial charge in [0.1, 0.15) is 0 Å². The van der Waals surface area contributed by atoms with E-state index in [1.165, 1.54) is 0 Å². The van der Waals surface area contributed by atoms with Crippen LogP contribution in [0.3, 0.4) is 0 Å². The molecule has 0 saturated carbocycles. The van der Waals surface area contributed by atoms with Crippen molar-refractivity contribution in [2.75, 3.05) is 20.6 Å². The van der Waals surface area contributed by atoms with Crippen molar-refractivity contribution in [3.63, 3.8) is 0 Å². The molecule has 126 valence electrons. The number of likely N-dealkylation sites (N-methyl/N-ethyl adjacent to an activating group) is 1. The highest BCUT2D eigenvalue weighted by atomic mass is 32.1.